The molecule has 1 saturated carbocycles. The van der Waals surface area contributed by atoms with Crippen LogP contribution >= 0.6 is 0 Å². The molecular weight excluding hydrogens is 160 g/mol. The van der Waals surface area contributed by atoms with Gasteiger partial charge in [0, 0.05) is 11.8 Å². The molecule has 12 heavy (non-hydrogen) atoms. The van der Waals surface area contributed by atoms with Gasteiger partial charge in [0.1, 0.15) is 12.2 Å². The molecule has 3 aliphatic heterocycles. The van der Waals surface area contributed by atoms with Gasteiger partial charge in [0.05, 0.1) is 18.8 Å². The van der Waals surface area contributed by atoms with Crippen molar-refractivity contribution in [2.24, 2.45) is 11.8 Å². The number of rotatable bonds is 0. The van der Waals surface area contributed by atoms with Crippen molar-refractivity contribution in [2.75, 3.05) is 6.61 Å². The van der Waals surface area contributed by atoms with E-state index in [0.717, 1.165) is 0 Å². The van der Waals surface area contributed by atoms with Gasteiger partial charge < -0.3 is 19.3 Å². The first-order chi connectivity index (χ1) is 5.86. The number of ether oxygens (including phenoxy) is 3. The maximum Gasteiger partial charge on any atom is 0.184 e. The van der Waals surface area contributed by atoms with Gasteiger partial charge in [-0.2, -0.15) is 0 Å². The van der Waals surface area contributed by atoms with E-state index in [0.29, 0.717) is 24.5 Å². The lowest BCUT2D eigenvalue weighted by atomic mass is 10.1. The van der Waals surface area contributed by atoms with Gasteiger partial charge >= 0.3 is 0 Å². The maximum atomic E-state index is 9.80. The van der Waals surface area contributed by atoms with Crippen molar-refractivity contribution in [2.45, 2.75) is 30.7 Å². The SMILES string of the molecule is OC1C2COC(O2)C2OC3C1C23. The number of fused-ring (bicyclic) bond motifs is 4. The molecule has 0 spiro atoms. The highest BCUT2D eigenvalue weighted by Gasteiger charge is 2.73. The van der Waals surface area contributed by atoms with Crippen molar-refractivity contribution in [3.05, 3.63) is 0 Å². The van der Waals surface area contributed by atoms with Crippen molar-refractivity contribution in [3.63, 3.8) is 0 Å². The second-order valence-electron chi connectivity index (χ2n) is 4.09. The molecule has 4 rings (SSSR count). The molecule has 0 aromatic rings. The Labute approximate surface area is 69.4 Å². The van der Waals surface area contributed by atoms with Crippen LogP contribution in [0.2, 0.25) is 0 Å². The molecular formula is C8H10O4. The highest BCUT2D eigenvalue weighted by Crippen LogP contribution is 2.61. The lowest BCUT2D eigenvalue weighted by molar-refractivity contribution is -0.209. The molecule has 3 heterocycles. The fourth-order valence-electron chi connectivity index (χ4n) is 2.81. The van der Waals surface area contributed by atoms with Gasteiger partial charge in [-0.15, -0.1) is 0 Å². The first-order valence-corrected chi connectivity index (χ1v) is 4.47. The summed E-state index contributed by atoms with van der Waals surface area (Å²) in [5, 5.41) is 9.80. The Hall–Kier alpha value is -0.160. The van der Waals surface area contributed by atoms with E-state index >= 15 is 0 Å². The minimum absolute atomic E-state index is 0.0959. The predicted octanol–water partition coefficient (Wildman–Crippen LogP) is -0.884. The summed E-state index contributed by atoms with van der Waals surface area (Å²) in [6.45, 7) is 0.529. The van der Waals surface area contributed by atoms with Gasteiger partial charge in [-0.05, 0) is 0 Å². The van der Waals surface area contributed by atoms with Gasteiger partial charge in [0.2, 0.25) is 0 Å². The van der Waals surface area contributed by atoms with Crippen molar-refractivity contribution in [1.29, 1.82) is 0 Å². The fourth-order valence-corrected chi connectivity index (χ4v) is 2.81. The van der Waals surface area contributed by atoms with Crippen molar-refractivity contribution < 1.29 is 19.3 Å². The van der Waals surface area contributed by atoms with Crippen LogP contribution in [0.3, 0.4) is 0 Å². The Morgan fingerprint density at radius 1 is 1.08 bits per heavy atom. The summed E-state index contributed by atoms with van der Waals surface area (Å²) in [6, 6.07) is 0. The van der Waals surface area contributed by atoms with Crippen LogP contribution in [0.15, 0.2) is 0 Å². The number of hydrogen-bond acceptors (Lipinski definition) is 4. The van der Waals surface area contributed by atoms with Crippen molar-refractivity contribution in [3.8, 4) is 0 Å². The average molecular weight is 170 g/mol. The van der Waals surface area contributed by atoms with E-state index in [1.54, 1.807) is 0 Å². The number of hydrogen-bond donors (Lipinski definition) is 1. The molecule has 0 amide bonds. The third-order valence-electron chi connectivity index (χ3n) is 3.53. The van der Waals surface area contributed by atoms with E-state index in [1.807, 2.05) is 0 Å². The van der Waals surface area contributed by atoms with E-state index in [4.69, 9.17) is 14.2 Å². The zero-order valence-electron chi connectivity index (χ0n) is 6.42. The molecule has 66 valence electrons. The Morgan fingerprint density at radius 2 is 2.00 bits per heavy atom. The summed E-state index contributed by atoms with van der Waals surface area (Å²) < 4.78 is 16.4. The molecule has 4 fully saturated rings. The monoisotopic (exact) mass is 170 g/mol. The molecule has 3 saturated heterocycles. The van der Waals surface area contributed by atoms with Gasteiger partial charge in [-0.3, -0.25) is 0 Å². The van der Waals surface area contributed by atoms with E-state index in [1.165, 1.54) is 0 Å². The van der Waals surface area contributed by atoms with Gasteiger partial charge in [0.25, 0.3) is 0 Å². The lowest BCUT2D eigenvalue weighted by Gasteiger charge is -2.29. The third kappa shape index (κ3) is 0.510. The Balaban J connectivity index is 1.75. The van der Waals surface area contributed by atoms with Crippen LogP contribution < -0.4 is 0 Å². The maximum absolute atomic E-state index is 9.80. The standard InChI is InChI=1S/C8H10O4/c9-5-2-1-10-8(11-2)7-4-3(5)6(4)12-7/h2-9H,1H2. The first-order valence-electron chi connectivity index (χ1n) is 4.47. The molecule has 7 atom stereocenters. The summed E-state index contributed by atoms with van der Waals surface area (Å²) in [7, 11) is 0. The second kappa shape index (κ2) is 1.70. The molecule has 0 radical (unpaired) electrons. The molecule has 4 aliphatic rings. The summed E-state index contributed by atoms with van der Waals surface area (Å²) in [5.41, 5.74) is 0. The zero-order chi connectivity index (χ0) is 7.87. The molecule has 4 heteroatoms. The molecule has 4 nitrogen and oxygen atoms in total. The predicted molar refractivity (Wildman–Crippen MR) is 36.3 cm³/mol. The summed E-state index contributed by atoms with van der Waals surface area (Å²) in [6.07, 6.45) is -0.222. The molecule has 7 unspecified atom stereocenters. The third-order valence-corrected chi connectivity index (χ3v) is 3.53. The van der Waals surface area contributed by atoms with Crippen LogP contribution in [-0.4, -0.2) is 42.4 Å². The van der Waals surface area contributed by atoms with E-state index in [2.05, 4.69) is 0 Å². The largest absolute Gasteiger partial charge is 0.390 e. The minimum Gasteiger partial charge on any atom is -0.390 e. The summed E-state index contributed by atoms with van der Waals surface area (Å²) >= 11 is 0. The number of aliphatic hydroxyl groups excluding tert-OH is 1. The van der Waals surface area contributed by atoms with Crippen LogP contribution in [0, 0.1) is 11.8 Å². The second-order valence-corrected chi connectivity index (χ2v) is 4.09. The molecule has 0 aromatic heterocycles. The van der Waals surface area contributed by atoms with Crippen LogP contribution in [0.4, 0.5) is 0 Å². The first kappa shape index (κ1) is 6.32. The van der Waals surface area contributed by atoms with Crippen LogP contribution in [0.25, 0.3) is 0 Å². The highest BCUT2D eigenvalue weighted by molar-refractivity contribution is 5.18. The summed E-state index contributed by atoms with van der Waals surface area (Å²) in [5.74, 6) is 0.865. The topological polar surface area (TPSA) is 47.9 Å². The van der Waals surface area contributed by atoms with Crippen LogP contribution in [0.5, 0.6) is 0 Å². The smallest absolute Gasteiger partial charge is 0.184 e. The fraction of sp³-hybridized carbons (Fsp3) is 1.00. The Bertz CT molecular complexity index is 233. The summed E-state index contributed by atoms with van der Waals surface area (Å²) in [4.78, 5) is 0. The molecule has 1 N–H and O–H groups in total. The van der Waals surface area contributed by atoms with Crippen molar-refractivity contribution in [1.82, 2.24) is 0 Å². The Kier molecular flexibility index (Phi) is 0.896. The van der Waals surface area contributed by atoms with Gasteiger partial charge in [-0.1, -0.05) is 0 Å². The normalized spacial score (nSPS) is 71.2. The molecule has 1 aliphatic carbocycles. The van der Waals surface area contributed by atoms with Crippen molar-refractivity contribution >= 4 is 0 Å². The number of aliphatic hydroxyl groups is 1. The van der Waals surface area contributed by atoms with Crippen LogP contribution in [-0.2, 0) is 14.2 Å². The highest BCUT2D eigenvalue weighted by atomic mass is 16.8. The minimum atomic E-state index is -0.363. The molecule has 2 bridgehead atoms. The Morgan fingerprint density at radius 3 is 2.92 bits per heavy atom. The van der Waals surface area contributed by atoms with Gasteiger partial charge in [0.15, 0.2) is 6.29 Å². The zero-order valence-corrected chi connectivity index (χ0v) is 6.42. The molecule has 0 aromatic carbocycles. The van der Waals surface area contributed by atoms with E-state index in [-0.39, 0.29) is 24.6 Å². The van der Waals surface area contributed by atoms with Gasteiger partial charge in [-0.25, -0.2) is 0 Å². The quantitative estimate of drug-likeness (QED) is 0.512. The lowest BCUT2D eigenvalue weighted by Crippen LogP contribution is -2.41. The van der Waals surface area contributed by atoms with E-state index in [9.17, 15) is 5.11 Å². The average Bonchev–Trinajstić information content (AvgIpc) is 2.49. The van der Waals surface area contributed by atoms with Crippen LogP contribution in [0.1, 0.15) is 0 Å². The van der Waals surface area contributed by atoms with E-state index < -0.39 is 0 Å².